The van der Waals surface area contributed by atoms with Gasteiger partial charge in [0.1, 0.15) is 11.0 Å². The zero-order valence-electron chi connectivity index (χ0n) is 12.8. The summed E-state index contributed by atoms with van der Waals surface area (Å²) in [5.74, 6) is 0.119. The molecule has 1 saturated heterocycles. The van der Waals surface area contributed by atoms with Gasteiger partial charge in [-0.1, -0.05) is 12.2 Å². The Labute approximate surface area is 130 Å². The molecule has 1 amide bonds. The molecule has 0 bridgehead atoms. The van der Waals surface area contributed by atoms with Gasteiger partial charge in [-0.15, -0.1) is 0 Å². The largest absolute Gasteiger partial charge is 0.389 e. The van der Waals surface area contributed by atoms with E-state index in [4.69, 9.17) is 18.0 Å². The van der Waals surface area contributed by atoms with Gasteiger partial charge in [-0.2, -0.15) is 0 Å². The zero-order valence-corrected chi connectivity index (χ0v) is 13.6. The van der Waals surface area contributed by atoms with Gasteiger partial charge in [0.25, 0.3) is 0 Å². The fourth-order valence-electron chi connectivity index (χ4n) is 2.76. The average molecular weight is 306 g/mol. The maximum atomic E-state index is 12.4. The minimum absolute atomic E-state index is 0.119. The Morgan fingerprint density at radius 3 is 2.62 bits per heavy atom. The monoisotopic (exact) mass is 306 g/mol. The Kier molecular flexibility index (Phi) is 4.77. The van der Waals surface area contributed by atoms with Crippen molar-refractivity contribution in [2.24, 2.45) is 5.73 Å². The molecule has 2 rings (SSSR count). The molecule has 21 heavy (non-hydrogen) atoms. The SMILES string of the molecule is Cc1cc(NC(C)C(=O)N2CCCC2)c(C(N)=S)c(C)n1. The molecule has 114 valence electrons. The number of rotatable bonds is 4. The van der Waals surface area contributed by atoms with E-state index in [9.17, 15) is 4.79 Å². The molecule has 0 radical (unpaired) electrons. The fourth-order valence-corrected chi connectivity index (χ4v) is 3.02. The molecule has 1 atom stereocenters. The van der Waals surface area contributed by atoms with Gasteiger partial charge in [-0.05, 0) is 39.7 Å². The van der Waals surface area contributed by atoms with Crippen molar-refractivity contribution in [3.63, 3.8) is 0 Å². The first-order chi connectivity index (χ1) is 9.90. The molecule has 1 aromatic rings. The molecule has 1 aromatic heterocycles. The van der Waals surface area contributed by atoms with Crippen LogP contribution < -0.4 is 11.1 Å². The maximum Gasteiger partial charge on any atom is 0.244 e. The summed E-state index contributed by atoms with van der Waals surface area (Å²) in [6.45, 7) is 7.35. The van der Waals surface area contributed by atoms with Crippen molar-refractivity contribution < 1.29 is 4.79 Å². The molecule has 0 spiro atoms. The van der Waals surface area contributed by atoms with Crippen LogP contribution in [0.25, 0.3) is 0 Å². The lowest BCUT2D eigenvalue weighted by Gasteiger charge is -2.23. The van der Waals surface area contributed by atoms with Crippen LogP contribution in [-0.2, 0) is 4.79 Å². The average Bonchev–Trinajstić information content (AvgIpc) is 2.89. The predicted octanol–water partition coefficient (Wildman–Crippen LogP) is 1.76. The first-order valence-electron chi connectivity index (χ1n) is 7.23. The van der Waals surface area contributed by atoms with Crippen molar-refractivity contribution in [1.82, 2.24) is 9.88 Å². The Morgan fingerprint density at radius 2 is 2.05 bits per heavy atom. The van der Waals surface area contributed by atoms with Crippen LogP contribution in [0.5, 0.6) is 0 Å². The lowest BCUT2D eigenvalue weighted by molar-refractivity contribution is -0.130. The molecular weight excluding hydrogens is 284 g/mol. The van der Waals surface area contributed by atoms with Crippen LogP contribution in [0.3, 0.4) is 0 Å². The number of pyridine rings is 1. The van der Waals surface area contributed by atoms with Crippen molar-refractivity contribution in [3.8, 4) is 0 Å². The molecule has 6 heteroatoms. The van der Waals surface area contributed by atoms with Crippen LogP contribution in [0, 0.1) is 13.8 Å². The first kappa shape index (κ1) is 15.7. The molecule has 1 aliphatic rings. The van der Waals surface area contributed by atoms with Gasteiger partial charge < -0.3 is 16.0 Å². The third kappa shape index (κ3) is 3.50. The highest BCUT2D eigenvalue weighted by Gasteiger charge is 2.24. The summed E-state index contributed by atoms with van der Waals surface area (Å²) in [4.78, 5) is 19.0. The first-order valence-corrected chi connectivity index (χ1v) is 7.64. The van der Waals surface area contributed by atoms with Crippen LogP contribution in [0.2, 0.25) is 0 Å². The van der Waals surface area contributed by atoms with E-state index in [0.717, 1.165) is 48.6 Å². The Balaban J connectivity index is 2.22. The predicted molar refractivity (Wildman–Crippen MR) is 88.5 cm³/mol. The summed E-state index contributed by atoms with van der Waals surface area (Å²) in [5.41, 5.74) is 8.95. The second-order valence-electron chi connectivity index (χ2n) is 5.53. The molecule has 5 nitrogen and oxygen atoms in total. The van der Waals surface area contributed by atoms with Crippen molar-refractivity contribution in [3.05, 3.63) is 23.0 Å². The molecule has 0 aliphatic carbocycles. The van der Waals surface area contributed by atoms with E-state index in [2.05, 4.69) is 10.3 Å². The third-order valence-electron chi connectivity index (χ3n) is 3.73. The summed E-state index contributed by atoms with van der Waals surface area (Å²) in [7, 11) is 0. The number of thiocarbonyl (C=S) groups is 1. The van der Waals surface area contributed by atoms with E-state index in [1.54, 1.807) is 0 Å². The highest BCUT2D eigenvalue weighted by molar-refractivity contribution is 7.80. The molecule has 2 heterocycles. The second-order valence-corrected chi connectivity index (χ2v) is 5.97. The standard InChI is InChI=1S/C15H22N4OS/c1-9-8-12(13(14(16)21)10(2)17-9)18-11(3)15(20)19-6-4-5-7-19/h8,11H,4-7H2,1-3H3,(H2,16,21)(H,17,18). The number of hydrogen-bond acceptors (Lipinski definition) is 4. The maximum absolute atomic E-state index is 12.4. The Morgan fingerprint density at radius 1 is 1.43 bits per heavy atom. The molecule has 1 unspecified atom stereocenters. The molecule has 1 fully saturated rings. The normalized spacial score (nSPS) is 15.9. The number of anilines is 1. The number of aromatic nitrogens is 1. The summed E-state index contributed by atoms with van der Waals surface area (Å²) in [6, 6.07) is 1.58. The van der Waals surface area contributed by atoms with Crippen molar-refractivity contribution in [2.75, 3.05) is 18.4 Å². The van der Waals surface area contributed by atoms with E-state index in [0.29, 0.717) is 4.99 Å². The van der Waals surface area contributed by atoms with Gasteiger partial charge in [0, 0.05) is 30.2 Å². The van der Waals surface area contributed by atoms with Crippen LogP contribution in [-0.4, -0.2) is 39.9 Å². The van der Waals surface area contributed by atoms with E-state index in [-0.39, 0.29) is 11.9 Å². The molecular formula is C15H22N4OS. The quantitative estimate of drug-likeness (QED) is 0.829. The molecule has 3 N–H and O–H groups in total. The summed E-state index contributed by atoms with van der Waals surface area (Å²) >= 11 is 5.11. The van der Waals surface area contributed by atoms with Gasteiger partial charge in [-0.25, -0.2) is 0 Å². The van der Waals surface area contributed by atoms with E-state index in [1.807, 2.05) is 31.7 Å². The molecule has 0 aromatic carbocycles. The summed E-state index contributed by atoms with van der Waals surface area (Å²) in [5, 5.41) is 3.25. The van der Waals surface area contributed by atoms with Crippen LogP contribution >= 0.6 is 12.2 Å². The van der Waals surface area contributed by atoms with E-state index < -0.39 is 0 Å². The van der Waals surface area contributed by atoms with Gasteiger partial charge in [0.2, 0.25) is 5.91 Å². The zero-order chi connectivity index (χ0) is 15.6. The van der Waals surface area contributed by atoms with Gasteiger partial charge >= 0.3 is 0 Å². The highest BCUT2D eigenvalue weighted by atomic mass is 32.1. The minimum atomic E-state index is -0.308. The van der Waals surface area contributed by atoms with E-state index >= 15 is 0 Å². The lowest BCUT2D eigenvalue weighted by atomic mass is 10.1. The Hall–Kier alpha value is -1.69. The lowest BCUT2D eigenvalue weighted by Crippen LogP contribution is -2.40. The van der Waals surface area contributed by atoms with Gasteiger partial charge in [-0.3, -0.25) is 9.78 Å². The number of nitrogens with two attached hydrogens (primary N) is 1. The Bertz CT molecular complexity index is 567. The van der Waals surface area contributed by atoms with Crippen molar-refractivity contribution in [2.45, 2.75) is 39.7 Å². The van der Waals surface area contributed by atoms with Crippen LogP contribution in [0.1, 0.15) is 36.7 Å². The van der Waals surface area contributed by atoms with Crippen molar-refractivity contribution >= 4 is 28.8 Å². The number of aryl methyl sites for hydroxylation is 2. The number of hydrogen-bond donors (Lipinski definition) is 2. The fraction of sp³-hybridized carbons (Fsp3) is 0.533. The minimum Gasteiger partial charge on any atom is -0.389 e. The molecule has 1 aliphatic heterocycles. The summed E-state index contributed by atoms with van der Waals surface area (Å²) < 4.78 is 0. The number of carbonyl (C=O) groups is 1. The third-order valence-corrected chi connectivity index (χ3v) is 3.94. The number of nitrogens with one attached hydrogen (secondary N) is 1. The topological polar surface area (TPSA) is 71.2 Å². The number of nitrogens with zero attached hydrogens (tertiary/aromatic N) is 2. The number of amides is 1. The van der Waals surface area contributed by atoms with Gasteiger partial charge in [0.05, 0.1) is 5.56 Å². The smallest absolute Gasteiger partial charge is 0.244 e. The van der Waals surface area contributed by atoms with Crippen molar-refractivity contribution in [1.29, 1.82) is 0 Å². The highest BCUT2D eigenvalue weighted by Crippen LogP contribution is 2.21. The summed E-state index contributed by atoms with van der Waals surface area (Å²) in [6.07, 6.45) is 2.17. The molecule has 0 saturated carbocycles. The van der Waals surface area contributed by atoms with Gasteiger partial charge in [0.15, 0.2) is 0 Å². The second kappa shape index (κ2) is 6.39. The number of likely N-dealkylation sites (tertiary alicyclic amines) is 1. The van der Waals surface area contributed by atoms with Crippen LogP contribution in [0.15, 0.2) is 6.07 Å². The van der Waals surface area contributed by atoms with E-state index in [1.165, 1.54) is 0 Å². The number of carbonyl (C=O) groups excluding carboxylic acids is 1. The van der Waals surface area contributed by atoms with Crippen LogP contribution in [0.4, 0.5) is 5.69 Å².